The Morgan fingerprint density at radius 3 is 2.21 bits per heavy atom. The van der Waals surface area contributed by atoms with E-state index in [2.05, 4.69) is 5.32 Å². The molecular formula is C23H24N2O3S. The van der Waals surface area contributed by atoms with E-state index < -0.39 is 10.0 Å². The van der Waals surface area contributed by atoms with Gasteiger partial charge in [0.15, 0.2) is 0 Å². The molecule has 0 aliphatic carbocycles. The van der Waals surface area contributed by atoms with Crippen LogP contribution in [-0.4, -0.2) is 21.4 Å². The molecule has 0 saturated carbocycles. The van der Waals surface area contributed by atoms with Crippen LogP contribution in [0.1, 0.15) is 27.0 Å². The molecule has 0 aliphatic heterocycles. The Bertz CT molecular complexity index is 1150. The van der Waals surface area contributed by atoms with Gasteiger partial charge in [0.1, 0.15) is 0 Å². The SMILES string of the molecule is Cc1ccc(N(C)S(=O)(=O)c2cccc(C(=O)Nc3ccc(C)c(C)c3)c2)cc1. The molecule has 6 heteroatoms. The van der Waals surface area contributed by atoms with Crippen molar-refractivity contribution in [2.45, 2.75) is 25.7 Å². The Morgan fingerprint density at radius 1 is 0.862 bits per heavy atom. The zero-order valence-corrected chi connectivity index (χ0v) is 17.7. The second-order valence-corrected chi connectivity index (χ2v) is 9.06. The molecule has 5 nitrogen and oxygen atoms in total. The standard InChI is InChI=1S/C23H24N2O3S/c1-16-8-12-21(13-9-16)25(4)29(27,28)22-7-5-6-19(15-22)23(26)24-20-11-10-17(2)18(3)14-20/h5-15H,1-4H3,(H,24,26). The second kappa shape index (κ2) is 8.09. The molecule has 0 fully saturated rings. The van der Waals surface area contributed by atoms with Crippen LogP contribution in [0.3, 0.4) is 0 Å². The summed E-state index contributed by atoms with van der Waals surface area (Å²) in [6, 6.07) is 18.9. The van der Waals surface area contributed by atoms with E-state index >= 15 is 0 Å². The summed E-state index contributed by atoms with van der Waals surface area (Å²) < 4.78 is 27.3. The van der Waals surface area contributed by atoms with Crippen LogP contribution < -0.4 is 9.62 Å². The van der Waals surface area contributed by atoms with Crippen LogP contribution in [0, 0.1) is 20.8 Å². The smallest absolute Gasteiger partial charge is 0.264 e. The number of benzene rings is 3. The number of carbonyl (C=O) groups excluding carboxylic acids is 1. The van der Waals surface area contributed by atoms with Crippen molar-refractivity contribution in [3.05, 3.63) is 89.0 Å². The number of carbonyl (C=O) groups is 1. The van der Waals surface area contributed by atoms with E-state index in [1.807, 2.05) is 51.1 Å². The topological polar surface area (TPSA) is 66.5 Å². The Balaban J connectivity index is 1.86. The molecule has 3 aromatic rings. The van der Waals surface area contributed by atoms with Crippen molar-refractivity contribution < 1.29 is 13.2 Å². The molecular weight excluding hydrogens is 384 g/mol. The Morgan fingerprint density at radius 2 is 1.55 bits per heavy atom. The van der Waals surface area contributed by atoms with Gasteiger partial charge in [0.25, 0.3) is 15.9 Å². The molecule has 3 aromatic carbocycles. The molecule has 0 unspecified atom stereocenters. The fourth-order valence-corrected chi connectivity index (χ4v) is 4.11. The summed E-state index contributed by atoms with van der Waals surface area (Å²) in [6.07, 6.45) is 0. The number of hydrogen-bond donors (Lipinski definition) is 1. The van der Waals surface area contributed by atoms with Crippen LogP contribution in [0.25, 0.3) is 0 Å². The summed E-state index contributed by atoms with van der Waals surface area (Å²) in [5.41, 5.74) is 4.75. The van der Waals surface area contributed by atoms with Crippen LogP contribution >= 0.6 is 0 Å². The number of nitrogens with one attached hydrogen (secondary N) is 1. The van der Waals surface area contributed by atoms with Gasteiger partial charge in [-0.25, -0.2) is 8.42 Å². The van der Waals surface area contributed by atoms with E-state index in [9.17, 15) is 13.2 Å². The quantitative estimate of drug-likeness (QED) is 0.666. The van der Waals surface area contributed by atoms with Crippen LogP contribution in [0.4, 0.5) is 11.4 Å². The number of sulfonamides is 1. The van der Waals surface area contributed by atoms with Crippen molar-refractivity contribution in [2.75, 3.05) is 16.7 Å². The van der Waals surface area contributed by atoms with Gasteiger partial charge in [-0.15, -0.1) is 0 Å². The van der Waals surface area contributed by atoms with Crippen molar-refractivity contribution in [1.29, 1.82) is 0 Å². The third-order valence-corrected chi connectivity index (χ3v) is 6.70. The molecule has 0 atom stereocenters. The number of aryl methyl sites for hydroxylation is 3. The summed E-state index contributed by atoms with van der Waals surface area (Å²) in [4.78, 5) is 12.7. The molecule has 1 amide bonds. The third kappa shape index (κ3) is 4.49. The maximum absolute atomic E-state index is 13.0. The van der Waals surface area contributed by atoms with Gasteiger partial charge in [0.2, 0.25) is 0 Å². The van der Waals surface area contributed by atoms with Gasteiger partial charge < -0.3 is 5.32 Å². The van der Waals surface area contributed by atoms with E-state index in [1.165, 1.54) is 23.5 Å². The van der Waals surface area contributed by atoms with E-state index in [-0.39, 0.29) is 16.4 Å². The summed E-state index contributed by atoms with van der Waals surface area (Å²) in [6.45, 7) is 5.91. The lowest BCUT2D eigenvalue weighted by atomic mass is 10.1. The lowest BCUT2D eigenvalue weighted by Gasteiger charge is -2.20. The number of rotatable bonds is 5. The minimum Gasteiger partial charge on any atom is -0.322 e. The first-order valence-corrected chi connectivity index (χ1v) is 10.7. The Hall–Kier alpha value is -3.12. The number of anilines is 2. The van der Waals surface area contributed by atoms with E-state index in [0.717, 1.165) is 16.7 Å². The zero-order valence-electron chi connectivity index (χ0n) is 16.9. The van der Waals surface area contributed by atoms with Gasteiger partial charge in [0, 0.05) is 18.3 Å². The lowest BCUT2D eigenvalue weighted by Crippen LogP contribution is -2.26. The third-order valence-electron chi connectivity index (χ3n) is 4.92. The van der Waals surface area contributed by atoms with Crippen LogP contribution in [0.5, 0.6) is 0 Å². The van der Waals surface area contributed by atoms with Crippen molar-refractivity contribution in [3.63, 3.8) is 0 Å². The van der Waals surface area contributed by atoms with Gasteiger partial charge in [-0.1, -0.05) is 29.8 Å². The van der Waals surface area contributed by atoms with Crippen LogP contribution in [-0.2, 0) is 10.0 Å². The maximum atomic E-state index is 13.0. The van der Waals surface area contributed by atoms with Crippen LogP contribution in [0.2, 0.25) is 0 Å². The number of amides is 1. The van der Waals surface area contributed by atoms with Crippen molar-refractivity contribution in [2.24, 2.45) is 0 Å². The Kier molecular flexibility index (Phi) is 5.75. The summed E-state index contributed by atoms with van der Waals surface area (Å²) in [5.74, 6) is -0.358. The first-order chi connectivity index (χ1) is 13.7. The molecule has 29 heavy (non-hydrogen) atoms. The fourth-order valence-electron chi connectivity index (χ4n) is 2.87. The Labute approximate surface area is 172 Å². The number of nitrogens with zero attached hydrogens (tertiary/aromatic N) is 1. The molecule has 0 aliphatic rings. The summed E-state index contributed by atoms with van der Waals surface area (Å²) in [5, 5.41) is 2.82. The van der Waals surface area contributed by atoms with Crippen molar-refractivity contribution in [1.82, 2.24) is 0 Å². The minimum absolute atomic E-state index is 0.0633. The van der Waals surface area contributed by atoms with Gasteiger partial charge in [-0.2, -0.15) is 0 Å². The summed E-state index contributed by atoms with van der Waals surface area (Å²) >= 11 is 0. The van der Waals surface area contributed by atoms with Gasteiger partial charge in [-0.05, 0) is 74.4 Å². The highest BCUT2D eigenvalue weighted by molar-refractivity contribution is 7.92. The van der Waals surface area contributed by atoms with E-state index in [1.54, 1.807) is 24.3 Å². The van der Waals surface area contributed by atoms with Crippen molar-refractivity contribution >= 4 is 27.3 Å². The summed E-state index contributed by atoms with van der Waals surface area (Å²) in [7, 11) is -2.29. The maximum Gasteiger partial charge on any atom is 0.264 e. The minimum atomic E-state index is -3.79. The highest BCUT2D eigenvalue weighted by Gasteiger charge is 2.22. The average Bonchev–Trinajstić information content (AvgIpc) is 2.71. The average molecular weight is 409 g/mol. The molecule has 0 bridgehead atoms. The fraction of sp³-hybridized carbons (Fsp3) is 0.174. The molecule has 0 spiro atoms. The molecule has 0 aromatic heterocycles. The molecule has 0 saturated heterocycles. The lowest BCUT2D eigenvalue weighted by molar-refractivity contribution is 0.102. The first-order valence-electron chi connectivity index (χ1n) is 9.23. The predicted octanol–water partition coefficient (Wildman–Crippen LogP) is 4.69. The molecule has 150 valence electrons. The molecule has 3 rings (SSSR count). The first kappa shape index (κ1) is 20.6. The highest BCUT2D eigenvalue weighted by Crippen LogP contribution is 2.23. The van der Waals surface area contributed by atoms with Crippen LogP contribution in [0.15, 0.2) is 71.6 Å². The highest BCUT2D eigenvalue weighted by atomic mass is 32.2. The molecule has 0 radical (unpaired) electrons. The molecule has 1 N–H and O–H groups in total. The number of hydrogen-bond acceptors (Lipinski definition) is 3. The zero-order chi connectivity index (χ0) is 21.2. The van der Waals surface area contributed by atoms with Gasteiger partial charge in [-0.3, -0.25) is 9.10 Å². The molecule has 0 heterocycles. The predicted molar refractivity (Wildman–Crippen MR) is 117 cm³/mol. The normalized spacial score (nSPS) is 11.2. The van der Waals surface area contributed by atoms with Gasteiger partial charge >= 0.3 is 0 Å². The van der Waals surface area contributed by atoms with Crippen molar-refractivity contribution in [3.8, 4) is 0 Å². The monoisotopic (exact) mass is 408 g/mol. The van der Waals surface area contributed by atoms with E-state index in [4.69, 9.17) is 0 Å². The largest absolute Gasteiger partial charge is 0.322 e. The van der Waals surface area contributed by atoms with E-state index in [0.29, 0.717) is 11.4 Å². The second-order valence-electron chi connectivity index (χ2n) is 7.09. The van der Waals surface area contributed by atoms with Gasteiger partial charge in [0.05, 0.1) is 10.6 Å².